The molecule has 1 aliphatic heterocycles. The van der Waals surface area contributed by atoms with Crippen molar-refractivity contribution in [1.82, 2.24) is 10.3 Å². The van der Waals surface area contributed by atoms with E-state index in [1.165, 1.54) is 31.2 Å². The monoisotopic (exact) mass is 280 g/mol. The summed E-state index contributed by atoms with van der Waals surface area (Å²) in [5, 5.41) is 12.2. The molecule has 1 saturated heterocycles. The molecule has 0 aliphatic carbocycles. The van der Waals surface area contributed by atoms with E-state index in [2.05, 4.69) is 10.3 Å². The largest absolute Gasteiger partial charge is 0.477 e. The van der Waals surface area contributed by atoms with Gasteiger partial charge in [0, 0.05) is 23.6 Å². The highest BCUT2D eigenvalue weighted by Gasteiger charge is 2.16. The fourth-order valence-corrected chi connectivity index (χ4v) is 3.20. The number of hydrogen-bond donors (Lipinski definition) is 2. The molecule has 1 amide bonds. The number of nitrogens with zero attached hydrogens (tertiary/aromatic N) is 1. The molecule has 1 atom stereocenters. The van der Waals surface area contributed by atoms with Crippen LogP contribution >= 0.6 is 11.8 Å². The fourth-order valence-electron chi connectivity index (χ4n) is 1.97. The van der Waals surface area contributed by atoms with Gasteiger partial charge in [-0.1, -0.05) is 6.42 Å². The highest BCUT2D eigenvalue weighted by molar-refractivity contribution is 7.99. The van der Waals surface area contributed by atoms with Crippen LogP contribution in [0, 0.1) is 0 Å². The average molecular weight is 280 g/mol. The number of carboxylic acid groups (broad SMARTS) is 1. The van der Waals surface area contributed by atoms with Crippen molar-refractivity contribution >= 4 is 23.6 Å². The molecule has 5 nitrogen and oxygen atoms in total. The molecule has 2 heterocycles. The van der Waals surface area contributed by atoms with Crippen LogP contribution in [-0.2, 0) is 0 Å². The van der Waals surface area contributed by atoms with Crippen LogP contribution in [0.15, 0.2) is 18.3 Å². The van der Waals surface area contributed by atoms with Crippen LogP contribution in [-0.4, -0.2) is 39.5 Å². The lowest BCUT2D eigenvalue weighted by Crippen LogP contribution is -2.32. The molecule has 0 spiro atoms. The molecule has 1 aliphatic rings. The Morgan fingerprint density at radius 1 is 1.47 bits per heavy atom. The topological polar surface area (TPSA) is 79.3 Å². The zero-order chi connectivity index (χ0) is 13.7. The SMILES string of the molecule is O=C(NCC1CCCCS1)c1ccnc(C(=O)O)c1. The molecule has 1 unspecified atom stereocenters. The normalized spacial score (nSPS) is 18.8. The molecule has 1 fully saturated rings. The summed E-state index contributed by atoms with van der Waals surface area (Å²) >= 11 is 1.89. The number of amides is 1. The van der Waals surface area contributed by atoms with E-state index < -0.39 is 5.97 Å². The molecule has 19 heavy (non-hydrogen) atoms. The van der Waals surface area contributed by atoms with Crippen molar-refractivity contribution in [2.24, 2.45) is 0 Å². The van der Waals surface area contributed by atoms with E-state index in [1.54, 1.807) is 0 Å². The summed E-state index contributed by atoms with van der Waals surface area (Å²) in [7, 11) is 0. The lowest BCUT2D eigenvalue weighted by atomic mass is 10.1. The van der Waals surface area contributed by atoms with E-state index in [-0.39, 0.29) is 11.6 Å². The smallest absolute Gasteiger partial charge is 0.354 e. The standard InChI is InChI=1S/C13H16N2O3S/c16-12(15-8-10-3-1-2-6-19-10)9-4-5-14-11(7-9)13(17)18/h4-5,7,10H,1-3,6,8H2,(H,15,16)(H,17,18). The van der Waals surface area contributed by atoms with E-state index in [0.29, 0.717) is 17.4 Å². The van der Waals surface area contributed by atoms with Gasteiger partial charge in [-0.2, -0.15) is 11.8 Å². The van der Waals surface area contributed by atoms with Gasteiger partial charge >= 0.3 is 5.97 Å². The average Bonchev–Trinajstić information content (AvgIpc) is 2.46. The number of nitrogens with one attached hydrogen (secondary N) is 1. The summed E-state index contributed by atoms with van der Waals surface area (Å²) in [5.74, 6) is -0.215. The Morgan fingerprint density at radius 2 is 2.32 bits per heavy atom. The van der Waals surface area contributed by atoms with Crippen molar-refractivity contribution in [3.8, 4) is 0 Å². The zero-order valence-electron chi connectivity index (χ0n) is 10.5. The molecule has 102 valence electrons. The zero-order valence-corrected chi connectivity index (χ0v) is 11.3. The Kier molecular flexibility index (Phi) is 4.79. The molecule has 0 radical (unpaired) electrons. The van der Waals surface area contributed by atoms with Crippen LogP contribution in [0.4, 0.5) is 0 Å². The van der Waals surface area contributed by atoms with Gasteiger partial charge in [0.05, 0.1) is 0 Å². The third-order valence-electron chi connectivity index (χ3n) is 3.01. The van der Waals surface area contributed by atoms with Crippen molar-refractivity contribution in [3.63, 3.8) is 0 Å². The van der Waals surface area contributed by atoms with Crippen molar-refractivity contribution < 1.29 is 14.7 Å². The third-order valence-corrected chi connectivity index (χ3v) is 4.40. The Labute approximate surface area is 115 Å². The van der Waals surface area contributed by atoms with E-state index in [9.17, 15) is 9.59 Å². The van der Waals surface area contributed by atoms with Crippen molar-refractivity contribution in [2.45, 2.75) is 24.5 Å². The Hall–Kier alpha value is -1.56. The number of pyridine rings is 1. The van der Waals surface area contributed by atoms with Crippen LogP contribution in [0.25, 0.3) is 0 Å². The summed E-state index contributed by atoms with van der Waals surface area (Å²) in [5.41, 5.74) is 0.230. The molecule has 0 saturated carbocycles. The van der Waals surface area contributed by atoms with Crippen molar-refractivity contribution in [1.29, 1.82) is 0 Å². The van der Waals surface area contributed by atoms with E-state index >= 15 is 0 Å². The molecule has 0 bridgehead atoms. The van der Waals surface area contributed by atoms with Gasteiger partial charge in [-0.25, -0.2) is 9.78 Å². The lowest BCUT2D eigenvalue weighted by Gasteiger charge is -2.21. The maximum absolute atomic E-state index is 11.9. The molecule has 2 rings (SSSR count). The Bertz CT molecular complexity index is 473. The summed E-state index contributed by atoms with van der Waals surface area (Å²) in [6, 6.07) is 2.82. The summed E-state index contributed by atoms with van der Waals surface area (Å²) in [4.78, 5) is 26.4. The minimum atomic E-state index is -1.13. The van der Waals surface area contributed by atoms with Crippen LogP contribution < -0.4 is 5.32 Å². The van der Waals surface area contributed by atoms with Crippen molar-refractivity contribution in [2.75, 3.05) is 12.3 Å². The van der Waals surface area contributed by atoms with Gasteiger partial charge in [0.25, 0.3) is 5.91 Å². The molecule has 0 aromatic carbocycles. The molecular weight excluding hydrogens is 264 g/mol. The number of carbonyl (C=O) groups is 2. The number of aromatic nitrogens is 1. The fraction of sp³-hybridized carbons (Fsp3) is 0.462. The highest BCUT2D eigenvalue weighted by atomic mass is 32.2. The summed E-state index contributed by atoms with van der Waals surface area (Å²) < 4.78 is 0. The van der Waals surface area contributed by atoms with Crippen LogP contribution in [0.1, 0.15) is 40.1 Å². The number of thioether (sulfide) groups is 1. The second-order valence-electron chi connectivity index (χ2n) is 4.43. The van der Waals surface area contributed by atoms with Gasteiger partial charge in [-0.15, -0.1) is 0 Å². The van der Waals surface area contributed by atoms with E-state index in [1.807, 2.05) is 11.8 Å². The molecule has 2 N–H and O–H groups in total. The molecule has 1 aromatic heterocycles. The number of rotatable bonds is 4. The van der Waals surface area contributed by atoms with Crippen LogP contribution in [0.3, 0.4) is 0 Å². The predicted octanol–water partition coefficient (Wildman–Crippen LogP) is 1.80. The lowest BCUT2D eigenvalue weighted by molar-refractivity contribution is 0.0690. The van der Waals surface area contributed by atoms with E-state index in [4.69, 9.17) is 5.11 Å². The molecule has 6 heteroatoms. The van der Waals surface area contributed by atoms with Crippen molar-refractivity contribution in [3.05, 3.63) is 29.6 Å². The van der Waals surface area contributed by atoms with Gasteiger partial charge in [-0.3, -0.25) is 4.79 Å². The number of carbonyl (C=O) groups excluding carboxylic acids is 1. The van der Waals surface area contributed by atoms with Gasteiger partial charge in [0.2, 0.25) is 0 Å². The number of hydrogen-bond acceptors (Lipinski definition) is 4. The highest BCUT2D eigenvalue weighted by Crippen LogP contribution is 2.24. The first kappa shape index (κ1) is 13.9. The van der Waals surface area contributed by atoms with Crippen LogP contribution in [0.5, 0.6) is 0 Å². The predicted molar refractivity (Wildman–Crippen MR) is 73.6 cm³/mol. The molecular formula is C13H16N2O3S. The molecule has 1 aromatic rings. The summed E-state index contributed by atoms with van der Waals surface area (Å²) in [6.45, 7) is 0.633. The Morgan fingerprint density at radius 3 is 3.00 bits per heavy atom. The third kappa shape index (κ3) is 3.96. The maximum Gasteiger partial charge on any atom is 0.354 e. The van der Waals surface area contributed by atoms with Gasteiger partial charge in [0.15, 0.2) is 0 Å². The summed E-state index contributed by atoms with van der Waals surface area (Å²) in [6.07, 6.45) is 4.93. The number of carboxylic acids is 1. The van der Waals surface area contributed by atoms with Crippen LogP contribution in [0.2, 0.25) is 0 Å². The van der Waals surface area contributed by atoms with Gasteiger partial charge in [-0.05, 0) is 30.7 Å². The van der Waals surface area contributed by atoms with Gasteiger partial charge < -0.3 is 10.4 Å². The Balaban J connectivity index is 1.92. The second kappa shape index (κ2) is 6.56. The minimum Gasteiger partial charge on any atom is -0.477 e. The quantitative estimate of drug-likeness (QED) is 0.879. The first-order valence-electron chi connectivity index (χ1n) is 6.26. The van der Waals surface area contributed by atoms with E-state index in [0.717, 1.165) is 12.2 Å². The first-order valence-corrected chi connectivity index (χ1v) is 7.31. The minimum absolute atomic E-state index is 0.111. The number of aromatic carboxylic acids is 1. The van der Waals surface area contributed by atoms with Gasteiger partial charge in [0.1, 0.15) is 5.69 Å². The second-order valence-corrected chi connectivity index (χ2v) is 5.84. The first-order chi connectivity index (χ1) is 9.16. The maximum atomic E-state index is 11.9.